The van der Waals surface area contributed by atoms with Crippen molar-refractivity contribution in [3.05, 3.63) is 34.4 Å². The van der Waals surface area contributed by atoms with Gasteiger partial charge in [-0.25, -0.2) is 0 Å². The Hall–Kier alpha value is -1.11. The van der Waals surface area contributed by atoms with E-state index in [-0.39, 0.29) is 12.1 Å². The topological polar surface area (TPSA) is 45.2 Å². The van der Waals surface area contributed by atoms with Gasteiger partial charge < -0.3 is 14.6 Å². The lowest BCUT2D eigenvalue weighted by Crippen LogP contribution is -2.45. The highest BCUT2D eigenvalue weighted by Crippen LogP contribution is 2.29. The Bertz CT molecular complexity index is 652. The predicted molar refractivity (Wildman–Crippen MR) is 98.2 cm³/mol. The second-order valence-corrected chi connectivity index (χ2v) is 7.55. The first-order chi connectivity index (χ1) is 12.2. The third-order valence-corrected chi connectivity index (χ3v) is 5.52. The van der Waals surface area contributed by atoms with Crippen LogP contribution < -0.4 is 4.74 Å². The van der Waals surface area contributed by atoms with Crippen molar-refractivity contribution in [3.8, 4) is 5.75 Å². The summed E-state index contributed by atoms with van der Waals surface area (Å²) < 4.78 is 11.3. The summed E-state index contributed by atoms with van der Waals surface area (Å²) >= 11 is 6.10. The number of nitrogens with zero attached hydrogens (tertiary/aromatic N) is 2. The van der Waals surface area contributed by atoms with Crippen molar-refractivity contribution in [1.29, 1.82) is 0 Å². The van der Waals surface area contributed by atoms with Gasteiger partial charge in [0.15, 0.2) is 0 Å². The van der Waals surface area contributed by atoms with E-state index in [0.717, 1.165) is 55.5 Å². The summed E-state index contributed by atoms with van der Waals surface area (Å²) in [5, 5.41) is 10.8. The number of benzene rings is 1. The first-order valence-electron chi connectivity index (χ1n) is 9.03. The van der Waals surface area contributed by atoms with E-state index < -0.39 is 0 Å². The van der Waals surface area contributed by atoms with Gasteiger partial charge in [0.1, 0.15) is 12.4 Å². The van der Waals surface area contributed by atoms with Gasteiger partial charge in [-0.3, -0.25) is 9.80 Å². The van der Waals surface area contributed by atoms with Crippen molar-refractivity contribution in [2.75, 3.05) is 52.5 Å². The van der Waals surface area contributed by atoms with Crippen LogP contribution in [0.5, 0.6) is 5.75 Å². The van der Waals surface area contributed by atoms with Crippen LogP contribution in [0, 0.1) is 0 Å². The van der Waals surface area contributed by atoms with E-state index in [2.05, 4.69) is 15.9 Å². The van der Waals surface area contributed by atoms with Crippen molar-refractivity contribution in [1.82, 2.24) is 9.80 Å². The maximum Gasteiger partial charge on any atom is 0.127 e. The molecule has 25 heavy (non-hydrogen) atoms. The first-order valence-corrected chi connectivity index (χ1v) is 9.41. The molecule has 2 atom stereocenters. The van der Waals surface area contributed by atoms with Gasteiger partial charge in [-0.1, -0.05) is 11.6 Å². The van der Waals surface area contributed by atoms with Crippen LogP contribution in [0.15, 0.2) is 23.8 Å². The Morgan fingerprint density at radius 1 is 1.16 bits per heavy atom. The number of aliphatic hydroxyl groups is 1. The largest absolute Gasteiger partial charge is 0.489 e. The van der Waals surface area contributed by atoms with Crippen molar-refractivity contribution in [2.45, 2.75) is 18.6 Å². The molecule has 0 bridgehead atoms. The molecule has 2 saturated heterocycles. The second kappa shape index (κ2) is 7.64. The van der Waals surface area contributed by atoms with E-state index in [9.17, 15) is 5.11 Å². The summed E-state index contributed by atoms with van der Waals surface area (Å²) in [6, 6.07) is 5.92. The van der Waals surface area contributed by atoms with E-state index in [1.807, 2.05) is 18.2 Å². The minimum atomic E-state index is -0.345. The average molecular weight is 365 g/mol. The van der Waals surface area contributed by atoms with Gasteiger partial charge in [0.2, 0.25) is 0 Å². The Labute approximate surface area is 153 Å². The molecule has 136 valence electrons. The zero-order valence-electron chi connectivity index (χ0n) is 14.4. The maximum atomic E-state index is 10.1. The summed E-state index contributed by atoms with van der Waals surface area (Å²) in [4.78, 5) is 4.87. The molecule has 0 aromatic heterocycles. The van der Waals surface area contributed by atoms with Crippen LogP contribution in [0.25, 0.3) is 6.08 Å². The number of halogens is 1. The Balaban J connectivity index is 1.37. The minimum absolute atomic E-state index is 0.159. The number of hydrogen-bond donors (Lipinski definition) is 1. The van der Waals surface area contributed by atoms with E-state index in [0.29, 0.717) is 19.8 Å². The zero-order chi connectivity index (χ0) is 17.2. The molecule has 0 amide bonds. The van der Waals surface area contributed by atoms with Crippen LogP contribution in [0.3, 0.4) is 0 Å². The van der Waals surface area contributed by atoms with E-state index in [1.165, 1.54) is 5.57 Å². The molecule has 0 saturated carbocycles. The molecular formula is C19H25ClN2O3. The molecule has 4 rings (SSSR count). The highest BCUT2D eigenvalue weighted by molar-refractivity contribution is 6.30. The molecule has 6 heteroatoms. The predicted octanol–water partition coefficient (Wildman–Crippen LogP) is 1.88. The van der Waals surface area contributed by atoms with Crippen LogP contribution in [0.4, 0.5) is 0 Å². The fourth-order valence-electron chi connectivity index (χ4n) is 3.94. The van der Waals surface area contributed by atoms with E-state index >= 15 is 0 Å². The average Bonchev–Trinajstić information content (AvgIpc) is 2.89. The van der Waals surface area contributed by atoms with Crippen LogP contribution in [0.2, 0.25) is 5.02 Å². The van der Waals surface area contributed by atoms with Crippen molar-refractivity contribution < 1.29 is 14.6 Å². The van der Waals surface area contributed by atoms with Crippen LogP contribution in [0.1, 0.15) is 12.0 Å². The Morgan fingerprint density at radius 2 is 2.08 bits per heavy atom. The normalized spacial score (nSPS) is 28.2. The number of fused-ring (bicyclic) bond motifs is 1. The van der Waals surface area contributed by atoms with E-state index in [1.54, 1.807) is 0 Å². The number of hydrogen-bond acceptors (Lipinski definition) is 5. The van der Waals surface area contributed by atoms with Gasteiger partial charge in [-0.05, 0) is 49.4 Å². The first kappa shape index (κ1) is 17.3. The molecule has 0 unspecified atom stereocenters. The molecule has 3 heterocycles. The zero-order valence-corrected chi connectivity index (χ0v) is 15.1. The van der Waals surface area contributed by atoms with Crippen LogP contribution >= 0.6 is 11.6 Å². The summed E-state index contributed by atoms with van der Waals surface area (Å²) in [5.74, 6) is 0.908. The lowest BCUT2D eigenvalue weighted by Gasteiger charge is -2.28. The molecule has 1 aromatic rings. The third-order valence-electron chi connectivity index (χ3n) is 5.28. The lowest BCUT2D eigenvalue weighted by molar-refractivity contribution is 0.0840. The smallest absolute Gasteiger partial charge is 0.127 e. The van der Waals surface area contributed by atoms with Gasteiger partial charge in [-0.15, -0.1) is 0 Å². The van der Waals surface area contributed by atoms with Gasteiger partial charge in [0, 0.05) is 30.2 Å². The number of ether oxygens (including phenoxy) is 2. The SMILES string of the molecule is O[C@H]1COC[C@@H]1N1CCCN(CC2=Cc3cc(Cl)ccc3OC2)CC1. The highest BCUT2D eigenvalue weighted by atomic mass is 35.5. The molecule has 1 N–H and O–H groups in total. The maximum absolute atomic E-state index is 10.1. The molecular weight excluding hydrogens is 340 g/mol. The summed E-state index contributed by atoms with van der Waals surface area (Å²) in [6.45, 7) is 6.75. The van der Waals surface area contributed by atoms with Crippen molar-refractivity contribution in [2.24, 2.45) is 0 Å². The fourth-order valence-corrected chi connectivity index (χ4v) is 4.12. The number of aliphatic hydroxyl groups excluding tert-OH is 1. The Morgan fingerprint density at radius 3 is 2.92 bits per heavy atom. The molecule has 1 aromatic carbocycles. The van der Waals surface area contributed by atoms with Gasteiger partial charge in [-0.2, -0.15) is 0 Å². The molecule has 0 spiro atoms. The summed E-state index contributed by atoms with van der Waals surface area (Å²) in [6.07, 6.45) is 2.98. The molecule has 3 aliphatic heterocycles. The number of rotatable bonds is 3. The third kappa shape index (κ3) is 4.01. The quantitative estimate of drug-likeness (QED) is 0.887. The van der Waals surface area contributed by atoms with Crippen molar-refractivity contribution in [3.63, 3.8) is 0 Å². The van der Waals surface area contributed by atoms with Gasteiger partial charge >= 0.3 is 0 Å². The lowest BCUT2D eigenvalue weighted by atomic mass is 10.1. The minimum Gasteiger partial charge on any atom is -0.489 e. The molecule has 0 aliphatic carbocycles. The monoisotopic (exact) mass is 364 g/mol. The molecule has 0 radical (unpaired) electrons. The standard InChI is InChI=1S/C19H25ClN2O3/c20-16-2-3-19-15(9-16)8-14(11-25-19)10-21-4-1-5-22(7-6-21)17-12-24-13-18(17)23/h2-3,8-9,17-18,23H,1,4-7,10-13H2/t17-,18-/m0/s1. The van der Waals surface area contributed by atoms with Gasteiger partial charge in [0.25, 0.3) is 0 Å². The highest BCUT2D eigenvalue weighted by Gasteiger charge is 2.32. The molecule has 3 aliphatic rings. The summed E-state index contributed by atoms with van der Waals surface area (Å²) in [7, 11) is 0. The molecule has 5 nitrogen and oxygen atoms in total. The summed E-state index contributed by atoms with van der Waals surface area (Å²) in [5.41, 5.74) is 2.35. The van der Waals surface area contributed by atoms with Crippen LogP contribution in [-0.2, 0) is 4.74 Å². The van der Waals surface area contributed by atoms with Gasteiger partial charge in [0.05, 0.1) is 25.4 Å². The van der Waals surface area contributed by atoms with E-state index in [4.69, 9.17) is 21.1 Å². The van der Waals surface area contributed by atoms with Crippen LogP contribution in [-0.4, -0.2) is 79.6 Å². The second-order valence-electron chi connectivity index (χ2n) is 7.11. The fraction of sp³-hybridized carbons (Fsp3) is 0.579. The Kier molecular flexibility index (Phi) is 5.29. The van der Waals surface area contributed by atoms with Crippen molar-refractivity contribution >= 4 is 17.7 Å². The molecule has 2 fully saturated rings.